The van der Waals surface area contributed by atoms with Gasteiger partial charge in [0.2, 0.25) is 17.7 Å². The maximum absolute atomic E-state index is 13.9. The Hall–Kier alpha value is -2.65. The quantitative estimate of drug-likeness (QED) is 0.503. The van der Waals surface area contributed by atoms with Crippen LogP contribution in [-0.2, 0) is 19.1 Å². The zero-order chi connectivity index (χ0) is 26.5. The van der Waals surface area contributed by atoms with E-state index in [1.54, 1.807) is 24.3 Å². The molecule has 2 bridgehead atoms. The first-order valence-corrected chi connectivity index (χ1v) is 12.8. The zero-order valence-corrected chi connectivity index (χ0v) is 22.1. The zero-order valence-electron chi connectivity index (χ0n) is 22.1. The molecule has 3 N–H and O–H groups in total. The number of rotatable bonds is 8. The fraction of sp³-hybridized carbons (Fsp3) is 0.667. The van der Waals surface area contributed by atoms with E-state index in [4.69, 9.17) is 9.47 Å². The Morgan fingerprint density at radius 3 is 2.47 bits per heavy atom. The predicted octanol–water partition coefficient (Wildman–Crippen LogP) is 2.33. The summed E-state index contributed by atoms with van der Waals surface area (Å²) < 4.78 is 12.1. The maximum atomic E-state index is 13.9. The number of hydrogen-bond donors (Lipinski definition) is 3. The van der Waals surface area contributed by atoms with E-state index in [2.05, 4.69) is 10.6 Å². The summed E-state index contributed by atoms with van der Waals surface area (Å²) >= 11 is 0. The van der Waals surface area contributed by atoms with Crippen molar-refractivity contribution >= 4 is 23.4 Å². The Morgan fingerprint density at radius 1 is 1.22 bits per heavy atom. The lowest BCUT2D eigenvalue weighted by atomic mass is 9.62. The molecule has 0 radical (unpaired) electrons. The van der Waals surface area contributed by atoms with E-state index in [9.17, 15) is 19.5 Å². The van der Waals surface area contributed by atoms with E-state index in [1.807, 2.05) is 41.5 Å². The number of aliphatic hydroxyl groups is 1. The lowest BCUT2D eigenvalue weighted by Gasteiger charge is -2.36. The van der Waals surface area contributed by atoms with Gasteiger partial charge in [-0.2, -0.15) is 0 Å². The van der Waals surface area contributed by atoms with Gasteiger partial charge in [-0.1, -0.05) is 6.92 Å². The Labute approximate surface area is 212 Å². The molecular formula is C27H39N3O6. The molecule has 1 aromatic carbocycles. The number of benzene rings is 1. The van der Waals surface area contributed by atoms with E-state index in [-0.39, 0.29) is 36.8 Å². The number of nitrogens with zero attached hydrogens (tertiary/aromatic N) is 1. The molecule has 3 fully saturated rings. The maximum Gasteiger partial charge on any atom is 0.246 e. The minimum Gasteiger partial charge on any atom is -0.494 e. The molecule has 4 rings (SSSR count). The highest BCUT2D eigenvalue weighted by atomic mass is 16.5. The Bertz CT molecular complexity index is 1020. The summed E-state index contributed by atoms with van der Waals surface area (Å²) in [5, 5.41) is 15.4. The van der Waals surface area contributed by atoms with Crippen LogP contribution in [0.4, 0.5) is 5.69 Å². The number of nitrogens with one attached hydrogen (secondary N) is 2. The van der Waals surface area contributed by atoms with Crippen molar-refractivity contribution in [1.82, 2.24) is 10.2 Å². The van der Waals surface area contributed by atoms with Gasteiger partial charge in [0, 0.05) is 24.4 Å². The number of amides is 3. The van der Waals surface area contributed by atoms with Crippen LogP contribution in [0.3, 0.4) is 0 Å². The normalized spacial score (nSPS) is 33.0. The average Bonchev–Trinajstić information content (AvgIpc) is 3.29. The van der Waals surface area contributed by atoms with Gasteiger partial charge in [-0.3, -0.25) is 14.4 Å². The molecule has 0 saturated carbocycles. The average molecular weight is 502 g/mol. The SMILES string of the molecule is CCOc1ccc(NC(=O)[C@H]2[C@H]3C(=O)N(CCCO)C(C(=O)NC(C)(C)C)C34CC(C)[C@]2(C)O4)cc1. The Kier molecular flexibility index (Phi) is 6.85. The fourth-order valence-corrected chi connectivity index (χ4v) is 6.38. The van der Waals surface area contributed by atoms with Gasteiger partial charge in [0.15, 0.2) is 0 Å². The van der Waals surface area contributed by atoms with Crippen molar-refractivity contribution in [2.45, 2.75) is 77.2 Å². The standard InChI is InChI=1S/C27H39N3O6/c1-7-35-18-11-9-17(10-12-18)28-22(32)19-20-24(34)30(13-8-14-31)21(23(33)29-25(3,4)5)27(20)15-16(2)26(19,6)36-27/h9-12,16,19-21,31H,7-8,13-15H2,1-6H3,(H,28,32)(H,29,33)/t16?,19-,20+,21?,26+,27?/m1/s1. The predicted molar refractivity (Wildman–Crippen MR) is 134 cm³/mol. The first-order valence-electron chi connectivity index (χ1n) is 12.8. The van der Waals surface area contributed by atoms with Gasteiger partial charge < -0.3 is 30.1 Å². The first-order chi connectivity index (χ1) is 16.9. The van der Waals surface area contributed by atoms with Gasteiger partial charge in [0.05, 0.1) is 24.0 Å². The minimum absolute atomic E-state index is 0.0413. The van der Waals surface area contributed by atoms with Gasteiger partial charge in [-0.25, -0.2) is 0 Å². The highest BCUT2D eigenvalue weighted by Crippen LogP contribution is 2.65. The second kappa shape index (κ2) is 9.34. The highest BCUT2D eigenvalue weighted by Gasteiger charge is 2.79. The van der Waals surface area contributed by atoms with Gasteiger partial charge in [-0.05, 0) is 77.6 Å². The summed E-state index contributed by atoms with van der Waals surface area (Å²) in [6.45, 7) is 12.1. The third-order valence-electron chi connectivity index (χ3n) is 7.83. The number of ether oxygens (including phenoxy) is 2. The summed E-state index contributed by atoms with van der Waals surface area (Å²) in [4.78, 5) is 42.8. The van der Waals surface area contributed by atoms with Gasteiger partial charge in [0.25, 0.3) is 0 Å². The minimum atomic E-state index is -1.10. The number of fused-ring (bicyclic) bond motifs is 1. The summed E-state index contributed by atoms with van der Waals surface area (Å²) in [5.41, 5.74) is -1.90. The molecule has 198 valence electrons. The van der Waals surface area contributed by atoms with Crippen LogP contribution in [0.2, 0.25) is 0 Å². The molecule has 3 heterocycles. The summed E-state index contributed by atoms with van der Waals surface area (Å²) in [5.74, 6) is -1.73. The van der Waals surface area contributed by atoms with Crippen LogP contribution in [0.15, 0.2) is 24.3 Å². The van der Waals surface area contributed by atoms with Crippen LogP contribution >= 0.6 is 0 Å². The molecule has 3 unspecified atom stereocenters. The molecule has 3 amide bonds. The lowest BCUT2D eigenvalue weighted by molar-refractivity contribution is -0.147. The van der Waals surface area contributed by atoms with Gasteiger partial charge >= 0.3 is 0 Å². The third kappa shape index (κ3) is 4.26. The molecule has 3 aliphatic rings. The fourth-order valence-electron chi connectivity index (χ4n) is 6.38. The van der Waals surface area contributed by atoms with Crippen molar-refractivity contribution < 1.29 is 29.0 Å². The molecule has 0 aliphatic carbocycles. The van der Waals surface area contributed by atoms with E-state index < -0.39 is 34.6 Å². The molecule has 3 saturated heterocycles. The lowest BCUT2D eigenvalue weighted by Crippen LogP contribution is -2.58. The summed E-state index contributed by atoms with van der Waals surface area (Å²) in [6.07, 6.45) is 0.842. The van der Waals surface area contributed by atoms with Crippen molar-refractivity contribution in [2.75, 3.05) is 25.1 Å². The largest absolute Gasteiger partial charge is 0.494 e. The van der Waals surface area contributed by atoms with Crippen LogP contribution in [0, 0.1) is 17.8 Å². The Balaban J connectivity index is 1.69. The Morgan fingerprint density at radius 2 is 1.89 bits per heavy atom. The van der Waals surface area contributed by atoms with Crippen molar-refractivity contribution in [3.63, 3.8) is 0 Å². The van der Waals surface area contributed by atoms with Crippen molar-refractivity contribution in [1.29, 1.82) is 0 Å². The second-order valence-electron chi connectivity index (χ2n) is 11.5. The second-order valence-corrected chi connectivity index (χ2v) is 11.5. The van der Waals surface area contributed by atoms with Crippen LogP contribution in [0.5, 0.6) is 5.75 Å². The number of carbonyl (C=O) groups is 3. The number of likely N-dealkylation sites (tertiary alicyclic amines) is 1. The van der Waals surface area contributed by atoms with Crippen LogP contribution in [-0.4, -0.2) is 70.3 Å². The molecule has 9 heteroatoms. The molecule has 9 nitrogen and oxygen atoms in total. The van der Waals surface area contributed by atoms with E-state index in [0.29, 0.717) is 30.9 Å². The molecule has 1 spiro atoms. The monoisotopic (exact) mass is 501 g/mol. The van der Waals surface area contributed by atoms with Crippen LogP contribution in [0.25, 0.3) is 0 Å². The number of hydrogen-bond acceptors (Lipinski definition) is 6. The molecule has 6 atom stereocenters. The van der Waals surface area contributed by atoms with Gasteiger partial charge in [-0.15, -0.1) is 0 Å². The highest BCUT2D eigenvalue weighted by molar-refractivity contribution is 6.02. The van der Waals surface area contributed by atoms with E-state index in [0.717, 1.165) is 0 Å². The number of carbonyl (C=O) groups excluding carboxylic acids is 3. The van der Waals surface area contributed by atoms with Gasteiger partial charge in [0.1, 0.15) is 17.4 Å². The molecule has 0 aromatic heterocycles. The molecular weight excluding hydrogens is 462 g/mol. The van der Waals surface area contributed by atoms with E-state index >= 15 is 0 Å². The first kappa shape index (κ1) is 26.4. The van der Waals surface area contributed by atoms with Crippen LogP contribution < -0.4 is 15.4 Å². The topological polar surface area (TPSA) is 117 Å². The van der Waals surface area contributed by atoms with Crippen molar-refractivity contribution in [2.24, 2.45) is 17.8 Å². The molecule has 1 aromatic rings. The molecule has 3 aliphatic heterocycles. The van der Waals surface area contributed by atoms with Crippen LogP contribution in [0.1, 0.15) is 54.4 Å². The third-order valence-corrected chi connectivity index (χ3v) is 7.83. The number of aliphatic hydroxyl groups excluding tert-OH is 1. The van der Waals surface area contributed by atoms with Crippen molar-refractivity contribution in [3.05, 3.63) is 24.3 Å². The van der Waals surface area contributed by atoms with Crippen molar-refractivity contribution in [3.8, 4) is 5.75 Å². The van der Waals surface area contributed by atoms with E-state index in [1.165, 1.54) is 4.90 Å². The summed E-state index contributed by atoms with van der Waals surface area (Å²) in [7, 11) is 0. The summed E-state index contributed by atoms with van der Waals surface area (Å²) in [6, 6.07) is 6.23. The molecule has 36 heavy (non-hydrogen) atoms. The number of anilines is 1. The smallest absolute Gasteiger partial charge is 0.246 e.